The van der Waals surface area contributed by atoms with Crippen LogP contribution in [0.2, 0.25) is 5.02 Å². The monoisotopic (exact) mass is 236 g/mol. The minimum Gasteiger partial charge on any atom is -0.299 e. The average Bonchev–Trinajstić information content (AvgIpc) is 2.30. The van der Waals surface area contributed by atoms with Gasteiger partial charge in [-0.25, -0.2) is 0 Å². The molecule has 1 fully saturated rings. The highest BCUT2D eigenvalue weighted by molar-refractivity contribution is 6.31. The van der Waals surface area contributed by atoms with Gasteiger partial charge in [0.25, 0.3) is 0 Å². The molecule has 0 atom stereocenters. The van der Waals surface area contributed by atoms with Gasteiger partial charge >= 0.3 is 0 Å². The number of hydrogen-bond donors (Lipinski definition) is 0. The SMILES string of the molecule is CC(=O)C1(c2ccccc2Cl)CCCCC1. The van der Waals surface area contributed by atoms with Crippen LogP contribution in [0.4, 0.5) is 0 Å². The smallest absolute Gasteiger partial charge is 0.140 e. The number of Topliss-reactive ketones (excluding diaryl/α,β-unsaturated/α-hetero) is 1. The van der Waals surface area contributed by atoms with E-state index in [0.29, 0.717) is 0 Å². The predicted molar refractivity (Wildman–Crippen MR) is 66.9 cm³/mol. The maximum atomic E-state index is 12.0. The van der Waals surface area contributed by atoms with Crippen LogP contribution in [0, 0.1) is 0 Å². The van der Waals surface area contributed by atoms with Gasteiger partial charge in [-0.3, -0.25) is 4.79 Å². The van der Waals surface area contributed by atoms with E-state index < -0.39 is 0 Å². The quantitative estimate of drug-likeness (QED) is 0.755. The van der Waals surface area contributed by atoms with Crippen LogP contribution >= 0.6 is 11.6 Å². The van der Waals surface area contributed by atoms with Crippen molar-refractivity contribution in [3.63, 3.8) is 0 Å². The van der Waals surface area contributed by atoms with E-state index in [1.54, 1.807) is 6.92 Å². The fraction of sp³-hybridized carbons (Fsp3) is 0.500. The van der Waals surface area contributed by atoms with Crippen molar-refractivity contribution in [1.82, 2.24) is 0 Å². The Kier molecular flexibility index (Phi) is 3.34. The number of rotatable bonds is 2. The zero-order chi connectivity index (χ0) is 11.6. The summed E-state index contributed by atoms with van der Waals surface area (Å²) in [5.74, 6) is 0.264. The molecule has 0 aliphatic heterocycles. The second kappa shape index (κ2) is 4.58. The van der Waals surface area contributed by atoms with E-state index in [4.69, 9.17) is 11.6 Å². The first-order chi connectivity index (χ1) is 7.67. The van der Waals surface area contributed by atoms with Crippen LogP contribution in [0.15, 0.2) is 24.3 Å². The zero-order valence-electron chi connectivity index (χ0n) is 9.63. The molecule has 1 nitrogen and oxygen atoms in total. The fourth-order valence-electron chi connectivity index (χ4n) is 2.82. The largest absolute Gasteiger partial charge is 0.299 e. The average molecular weight is 237 g/mol. The molecule has 0 spiro atoms. The molecule has 1 aromatic carbocycles. The molecule has 0 N–H and O–H groups in total. The molecule has 0 aromatic heterocycles. The van der Waals surface area contributed by atoms with Gasteiger partial charge in [-0.15, -0.1) is 0 Å². The van der Waals surface area contributed by atoms with Gasteiger partial charge in [0.1, 0.15) is 5.78 Å². The summed E-state index contributed by atoms with van der Waals surface area (Å²) in [6.07, 6.45) is 5.40. The van der Waals surface area contributed by atoms with Crippen molar-refractivity contribution in [3.8, 4) is 0 Å². The molecule has 0 radical (unpaired) electrons. The normalized spacial score (nSPS) is 19.4. The first-order valence-corrected chi connectivity index (χ1v) is 6.31. The minimum absolute atomic E-state index is 0.264. The third-order valence-corrected chi connectivity index (χ3v) is 4.10. The van der Waals surface area contributed by atoms with Gasteiger partial charge in [-0.1, -0.05) is 49.1 Å². The summed E-state index contributed by atoms with van der Waals surface area (Å²) in [7, 11) is 0. The van der Waals surface area contributed by atoms with Crippen LogP contribution in [-0.4, -0.2) is 5.78 Å². The third kappa shape index (κ3) is 1.89. The molecule has 0 heterocycles. The van der Waals surface area contributed by atoms with E-state index in [1.807, 2.05) is 24.3 Å². The zero-order valence-corrected chi connectivity index (χ0v) is 10.4. The van der Waals surface area contributed by atoms with Crippen molar-refractivity contribution in [2.45, 2.75) is 44.4 Å². The summed E-state index contributed by atoms with van der Waals surface area (Å²) < 4.78 is 0. The van der Waals surface area contributed by atoms with Gasteiger partial charge in [0.2, 0.25) is 0 Å². The van der Waals surface area contributed by atoms with Gasteiger partial charge in [0.15, 0.2) is 0 Å². The second-order valence-corrected chi connectivity index (χ2v) is 5.09. The Morgan fingerprint density at radius 3 is 2.38 bits per heavy atom. The molecule has 86 valence electrons. The Bertz CT molecular complexity index is 391. The number of carbonyl (C=O) groups excluding carboxylic acids is 1. The van der Waals surface area contributed by atoms with Crippen molar-refractivity contribution in [2.24, 2.45) is 0 Å². The fourth-order valence-corrected chi connectivity index (χ4v) is 3.13. The Labute approximate surface area is 102 Å². The summed E-state index contributed by atoms with van der Waals surface area (Å²) in [5.41, 5.74) is 0.722. The molecule has 2 heteroatoms. The predicted octanol–water partition coefficient (Wildman–Crippen LogP) is 4.13. The Morgan fingerprint density at radius 1 is 1.19 bits per heavy atom. The first kappa shape index (κ1) is 11.7. The lowest BCUT2D eigenvalue weighted by Crippen LogP contribution is -2.36. The van der Waals surface area contributed by atoms with E-state index >= 15 is 0 Å². The van der Waals surface area contributed by atoms with E-state index in [0.717, 1.165) is 36.3 Å². The summed E-state index contributed by atoms with van der Waals surface area (Å²) in [5, 5.41) is 0.736. The van der Waals surface area contributed by atoms with Crippen LogP contribution < -0.4 is 0 Å². The lowest BCUT2D eigenvalue weighted by atomic mass is 9.67. The van der Waals surface area contributed by atoms with Crippen LogP contribution in [0.1, 0.15) is 44.6 Å². The topological polar surface area (TPSA) is 17.1 Å². The van der Waals surface area contributed by atoms with Gasteiger partial charge in [-0.2, -0.15) is 0 Å². The molecule has 2 rings (SSSR count). The van der Waals surface area contributed by atoms with Crippen molar-refractivity contribution in [2.75, 3.05) is 0 Å². The molecule has 0 unspecified atom stereocenters. The number of benzene rings is 1. The summed E-state index contributed by atoms with van der Waals surface area (Å²) in [6.45, 7) is 1.70. The van der Waals surface area contributed by atoms with Crippen molar-refractivity contribution < 1.29 is 4.79 Å². The van der Waals surface area contributed by atoms with E-state index in [9.17, 15) is 4.79 Å². The van der Waals surface area contributed by atoms with Crippen LogP contribution in [0.5, 0.6) is 0 Å². The standard InChI is InChI=1S/C14H17ClO/c1-11(16)14(9-5-2-6-10-14)12-7-3-4-8-13(12)15/h3-4,7-8H,2,5-6,9-10H2,1H3. The molecule has 1 saturated carbocycles. The van der Waals surface area contributed by atoms with Gasteiger partial charge < -0.3 is 0 Å². The maximum Gasteiger partial charge on any atom is 0.140 e. The molecular weight excluding hydrogens is 220 g/mol. The Morgan fingerprint density at radius 2 is 1.81 bits per heavy atom. The van der Waals surface area contributed by atoms with Gasteiger partial charge in [0, 0.05) is 5.02 Å². The van der Waals surface area contributed by atoms with Crippen LogP contribution in [0.3, 0.4) is 0 Å². The highest BCUT2D eigenvalue weighted by Crippen LogP contribution is 2.42. The van der Waals surface area contributed by atoms with E-state index in [1.165, 1.54) is 6.42 Å². The number of carbonyl (C=O) groups is 1. The molecule has 1 aromatic rings. The van der Waals surface area contributed by atoms with Gasteiger partial charge in [-0.05, 0) is 31.4 Å². The first-order valence-electron chi connectivity index (χ1n) is 5.93. The lowest BCUT2D eigenvalue weighted by molar-refractivity contribution is -0.123. The molecule has 16 heavy (non-hydrogen) atoms. The van der Waals surface area contributed by atoms with Gasteiger partial charge in [0.05, 0.1) is 5.41 Å². The molecular formula is C14H17ClO. The maximum absolute atomic E-state index is 12.0. The van der Waals surface area contributed by atoms with E-state index in [2.05, 4.69) is 0 Å². The summed E-state index contributed by atoms with van der Waals surface area (Å²) >= 11 is 6.24. The second-order valence-electron chi connectivity index (χ2n) is 4.68. The third-order valence-electron chi connectivity index (χ3n) is 3.77. The Balaban J connectivity index is 2.47. The van der Waals surface area contributed by atoms with Crippen molar-refractivity contribution >= 4 is 17.4 Å². The molecule has 0 amide bonds. The minimum atomic E-state index is -0.309. The lowest BCUT2D eigenvalue weighted by Gasteiger charge is -2.36. The number of hydrogen-bond acceptors (Lipinski definition) is 1. The number of ketones is 1. The molecule has 0 saturated heterocycles. The highest BCUT2D eigenvalue weighted by Gasteiger charge is 2.39. The molecule has 1 aliphatic carbocycles. The summed E-state index contributed by atoms with van der Waals surface area (Å²) in [6, 6.07) is 7.79. The highest BCUT2D eigenvalue weighted by atomic mass is 35.5. The van der Waals surface area contributed by atoms with Crippen molar-refractivity contribution in [3.05, 3.63) is 34.9 Å². The number of halogens is 1. The Hall–Kier alpha value is -0.820. The molecule has 1 aliphatic rings. The van der Waals surface area contributed by atoms with Crippen molar-refractivity contribution in [1.29, 1.82) is 0 Å². The molecule has 0 bridgehead atoms. The van der Waals surface area contributed by atoms with Crippen LogP contribution in [0.25, 0.3) is 0 Å². The van der Waals surface area contributed by atoms with Crippen LogP contribution in [-0.2, 0) is 10.2 Å². The summed E-state index contributed by atoms with van der Waals surface area (Å²) in [4.78, 5) is 12.0. The van der Waals surface area contributed by atoms with E-state index in [-0.39, 0.29) is 11.2 Å².